The van der Waals surface area contributed by atoms with Crippen molar-refractivity contribution in [3.8, 4) is 11.8 Å². The van der Waals surface area contributed by atoms with Crippen molar-refractivity contribution in [2.75, 3.05) is 13.6 Å². The van der Waals surface area contributed by atoms with Crippen LogP contribution in [0.25, 0.3) is 0 Å². The highest BCUT2D eigenvalue weighted by molar-refractivity contribution is 6.30. The van der Waals surface area contributed by atoms with Crippen molar-refractivity contribution >= 4 is 11.6 Å². The SMILES string of the molecule is CNCCC#Cc1ccc(F)c(Cl)c1. The molecule has 0 bridgehead atoms. The van der Waals surface area contributed by atoms with Crippen LogP contribution in [0, 0.1) is 17.7 Å². The number of hydrogen-bond acceptors (Lipinski definition) is 1. The molecule has 0 radical (unpaired) electrons. The molecule has 0 spiro atoms. The first kappa shape index (κ1) is 11.0. The summed E-state index contributed by atoms with van der Waals surface area (Å²) in [6, 6.07) is 4.47. The minimum Gasteiger partial charge on any atom is -0.319 e. The maximum atomic E-state index is 12.8. The summed E-state index contributed by atoms with van der Waals surface area (Å²) in [7, 11) is 1.87. The molecule has 0 fully saturated rings. The third-order valence-electron chi connectivity index (χ3n) is 1.65. The molecule has 1 aromatic rings. The van der Waals surface area contributed by atoms with Gasteiger partial charge in [0.25, 0.3) is 0 Å². The molecule has 1 rings (SSSR count). The van der Waals surface area contributed by atoms with E-state index in [9.17, 15) is 4.39 Å². The van der Waals surface area contributed by atoms with Gasteiger partial charge in [0.15, 0.2) is 0 Å². The molecule has 14 heavy (non-hydrogen) atoms. The monoisotopic (exact) mass is 211 g/mol. The van der Waals surface area contributed by atoms with E-state index in [4.69, 9.17) is 11.6 Å². The Hall–Kier alpha value is -1.04. The Labute approximate surface area is 88.3 Å². The van der Waals surface area contributed by atoms with Crippen molar-refractivity contribution in [3.05, 3.63) is 34.6 Å². The van der Waals surface area contributed by atoms with Gasteiger partial charge in [-0.25, -0.2) is 4.39 Å². The van der Waals surface area contributed by atoms with Gasteiger partial charge < -0.3 is 5.32 Å². The molecule has 1 aromatic carbocycles. The molecule has 0 heterocycles. The van der Waals surface area contributed by atoms with Gasteiger partial charge in [-0.1, -0.05) is 23.4 Å². The van der Waals surface area contributed by atoms with Gasteiger partial charge in [-0.15, -0.1) is 0 Å². The number of nitrogens with one attached hydrogen (secondary N) is 1. The average molecular weight is 212 g/mol. The first-order chi connectivity index (χ1) is 6.74. The predicted octanol–water partition coefficient (Wildman–Crippen LogP) is 2.44. The van der Waals surface area contributed by atoms with Crippen molar-refractivity contribution in [2.45, 2.75) is 6.42 Å². The van der Waals surface area contributed by atoms with Crippen LogP contribution in [0.15, 0.2) is 18.2 Å². The Morgan fingerprint density at radius 3 is 2.93 bits per heavy atom. The fraction of sp³-hybridized carbons (Fsp3) is 0.273. The van der Waals surface area contributed by atoms with Crippen LogP contribution in [-0.2, 0) is 0 Å². The third kappa shape index (κ3) is 3.37. The van der Waals surface area contributed by atoms with Gasteiger partial charge in [-0.2, -0.15) is 0 Å². The lowest BCUT2D eigenvalue weighted by Crippen LogP contribution is -2.05. The molecular formula is C11H11ClFN. The van der Waals surface area contributed by atoms with E-state index in [2.05, 4.69) is 17.2 Å². The van der Waals surface area contributed by atoms with Crippen LogP contribution in [0.4, 0.5) is 4.39 Å². The molecule has 0 saturated carbocycles. The molecule has 0 atom stereocenters. The highest BCUT2D eigenvalue weighted by Crippen LogP contribution is 2.15. The molecule has 0 aliphatic rings. The molecule has 1 N–H and O–H groups in total. The first-order valence-electron chi connectivity index (χ1n) is 4.32. The minimum atomic E-state index is -0.410. The summed E-state index contributed by atoms with van der Waals surface area (Å²) >= 11 is 5.60. The van der Waals surface area contributed by atoms with Gasteiger partial charge in [-0.3, -0.25) is 0 Å². The predicted molar refractivity (Wildman–Crippen MR) is 56.8 cm³/mol. The Bertz CT molecular complexity index is 365. The summed E-state index contributed by atoms with van der Waals surface area (Å²) < 4.78 is 12.8. The van der Waals surface area contributed by atoms with Crippen LogP contribution in [0.1, 0.15) is 12.0 Å². The highest BCUT2D eigenvalue weighted by Gasteiger charge is 1.97. The van der Waals surface area contributed by atoms with Gasteiger partial charge in [0.1, 0.15) is 5.82 Å². The fourth-order valence-corrected chi connectivity index (χ4v) is 1.11. The molecule has 3 heteroatoms. The van der Waals surface area contributed by atoms with Crippen LogP contribution in [0.3, 0.4) is 0 Å². The normalized spacial score (nSPS) is 9.36. The van der Waals surface area contributed by atoms with Gasteiger partial charge in [0, 0.05) is 18.5 Å². The zero-order chi connectivity index (χ0) is 10.4. The Kier molecular flexibility index (Phi) is 4.45. The van der Waals surface area contributed by atoms with Crippen LogP contribution >= 0.6 is 11.6 Å². The second-order valence-corrected chi connectivity index (χ2v) is 3.19. The van der Waals surface area contributed by atoms with E-state index in [1.165, 1.54) is 12.1 Å². The number of benzene rings is 1. The molecule has 0 saturated heterocycles. The smallest absolute Gasteiger partial charge is 0.141 e. The second kappa shape index (κ2) is 5.64. The summed E-state index contributed by atoms with van der Waals surface area (Å²) in [5.74, 6) is 5.45. The molecule has 74 valence electrons. The van der Waals surface area contributed by atoms with Gasteiger partial charge >= 0.3 is 0 Å². The summed E-state index contributed by atoms with van der Waals surface area (Å²) in [6.45, 7) is 0.849. The summed E-state index contributed by atoms with van der Waals surface area (Å²) in [4.78, 5) is 0. The summed E-state index contributed by atoms with van der Waals surface area (Å²) in [6.07, 6.45) is 0.769. The Balaban J connectivity index is 2.66. The second-order valence-electron chi connectivity index (χ2n) is 2.78. The number of hydrogen-bond donors (Lipinski definition) is 1. The zero-order valence-electron chi connectivity index (χ0n) is 7.90. The fourth-order valence-electron chi connectivity index (χ4n) is 0.926. The lowest BCUT2D eigenvalue weighted by molar-refractivity contribution is 0.628. The van der Waals surface area contributed by atoms with E-state index in [0.717, 1.165) is 18.5 Å². The van der Waals surface area contributed by atoms with E-state index in [1.807, 2.05) is 7.05 Å². The quantitative estimate of drug-likeness (QED) is 0.585. The first-order valence-corrected chi connectivity index (χ1v) is 4.70. The molecular weight excluding hydrogens is 201 g/mol. The van der Waals surface area contributed by atoms with Crippen molar-refractivity contribution in [2.24, 2.45) is 0 Å². The van der Waals surface area contributed by atoms with Crippen molar-refractivity contribution in [3.63, 3.8) is 0 Å². The molecule has 1 nitrogen and oxygen atoms in total. The van der Waals surface area contributed by atoms with Crippen LogP contribution < -0.4 is 5.32 Å². The van der Waals surface area contributed by atoms with E-state index >= 15 is 0 Å². The van der Waals surface area contributed by atoms with Crippen LogP contribution in [-0.4, -0.2) is 13.6 Å². The third-order valence-corrected chi connectivity index (χ3v) is 1.94. The van der Waals surface area contributed by atoms with E-state index in [0.29, 0.717) is 0 Å². The van der Waals surface area contributed by atoms with Gasteiger partial charge in [0.05, 0.1) is 5.02 Å². The molecule has 0 unspecified atom stereocenters. The average Bonchev–Trinajstić information content (AvgIpc) is 2.18. The molecule has 0 amide bonds. The summed E-state index contributed by atoms with van der Waals surface area (Å²) in [5.41, 5.74) is 0.743. The minimum absolute atomic E-state index is 0.116. The number of halogens is 2. The lowest BCUT2D eigenvalue weighted by atomic mass is 10.2. The standard InChI is InChI=1S/C11H11ClFN/c1-14-7-3-2-4-9-5-6-11(13)10(12)8-9/h5-6,8,14H,3,7H2,1H3. The molecule has 0 aliphatic heterocycles. The largest absolute Gasteiger partial charge is 0.319 e. The molecule has 0 aliphatic carbocycles. The van der Waals surface area contributed by atoms with Crippen molar-refractivity contribution in [1.82, 2.24) is 5.32 Å². The van der Waals surface area contributed by atoms with Crippen LogP contribution in [0.5, 0.6) is 0 Å². The van der Waals surface area contributed by atoms with Gasteiger partial charge in [0.2, 0.25) is 0 Å². The maximum absolute atomic E-state index is 12.8. The number of rotatable bonds is 2. The Morgan fingerprint density at radius 2 is 2.29 bits per heavy atom. The maximum Gasteiger partial charge on any atom is 0.141 e. The molecule has 0 aromatic heterocycles. The lowest BCUT2D eigenvalue weighted by Gasteiger charge is -1.94. The Morgan fingerprint density at radius 1 is 1.50 bits per heavy atom. The van der Waals surface area contributed by atoms with Gasteiger partial charge in [-0.05, 0) is 25.2 Å². The zero-order valence-corrected chi connectivity index (χ0v) is 8.66. The van der Waals surface area contributed by atoms with E-state index in [-0.39, 0.29) is 5.02 Å². The van der Waals surface area contributed by atoms with E-state index < -0.39 is 5.82 Å². The van der Waals surface area contributed by atoms with E-state index in [1.54, 1.807) is 6.07 Å². The van der Waals surface area contributed by atoms with Crippen molar-refractivity contribution < 1.29 is 4.39 Å². The highest BCUT2D eigenvalue weighted by atomic mass is 35.5. The van der Waals surface area contributed by atoms with Crippen LogP contribution in [0.2, 0.25) is 5.02 Å². The summed E-state index contributed by atoms with van der Waals surface area (Å²) in [5, 5.41) is 3.10. The topological polar surface area (TPSA) is 12.0 Å². The van der Waals surface area contributed by atoms with Crippen molar-refractivity contribution in [1.29, 1.82) is 0 Å².